The predicted molar refractivity (Wildman–Crippen MR) is 75.7 cm³/mol. The van der Waals surface area contributed by atoms with Crippen molar-refractivity contribution in [3.8, 4) is 0 Å². The fraction of sp³-hybridized carbons (Fsp3) is 0.462. The molecule has 2 amide bonds. The van der Waals surface area contributed by atoms with E-state index in [1.807, 2.05) is 0 Å². The molecule has 21 heavy (non-hydrogen) atoms. The minimum atomic E-state index is -1.01. The zero-order chi connectivity index (χ0) is 15.4. The van der Waals surface area contributed by atoms with Gasteiger partial charge in [-0.3, -0.25) is 9.59 Å². The molecule has 0 spiro atoms. The summed E-state index contributed by atoms with van der Waals surface area (Å²) in [4.78, 5) is 36.2. The Labute approximate surface area is 129 Å². The summed E-state index contributed by atoms with van der Waals surface area (Å²) in [7, 11) is 0. The lowest BCUT2D eigenvalue weighted by Crippen LogP contribution is -2.51. The number of carboxylic acid groups (broad SMARTS) is 1. The number of piperidine rings is 1. The monoisotopic (exact) mass is 358 g/mol. The van der Waals surface area contributed by atoms with Crippen molar-refractivity contribution in [3.05, 3.63) is 22.6 Å². The number of likely N-dealkylation sites (tertiary alicyclic amines) is 1. The Kier molecular flexibility index (Phi) is 5.00. The van der Waals surface area contributed by atoms with Gasteiger partial charge in [-0.15, -0.1) is 0 Å². The number of carboxylic acids is 1. The second-order valence-corrected chi connectivity index (χ2v) is 5.50. The molecule has 0 aliphatic carbocycles. The lowest BCUT2D eigenvalue weighted by atomic mass is 10.0. The fourth-order valence-electron chi connectivity index (χ4n) is 2.27. The molecular formula is C13H15BrN2O5. The molecule has 1 atom stereocenters. The predicted octanol–water partition coefficient (Wildman–Crippen LogP) is 1.24. The molecule has 1 saturated heterocycles. The zero-order valence-electron chi connectivity index (χ0n) is 11.2. The van der Waals surface area contributed by atoms with E-state index >= 15 is 0 Å². The van der Waals surface area contributed by atoms with E-state index in [4.69, 9.17) is 9.52 Å². The van der Waals surface area contributed by atoms with Gasteiger partial charge >= 0.3 is 5.97 Å². The van der Waals surface area contributed by atoms with Crippen LogP contribution in [0, 0.1) is 0 Å². The second kappa shape index (κ2) is 6.75. The first-order chi connectivity index (χ1) is 9.99. The summed E-state index contributed by atoms with van der Waals surface area (Å²) in [6.45, 7) is 0.152. The summed E-state index contributed by atoms with van der Waals surface area (Å²) in [6, 6.07) is 2.24. The van der Waals surface area contributed by atoms with Crippen LogP contribution < -0.4 is 5.32 Å². The van der Waals surface area contributed by atoms with Crippen molar-refractivity contribution in [2.24, 2.45) is 0 Å². The van der Waals surface area contributed by atoms with Crippen LogP contribution in [0.5, 0.6) is 0 Å². The third-order valence-electron chi connectivity index (χ3n) is 3.31. The van der Waals surface area contributed by atoms with Crippen LogP contribution in [0.25, 0.3) is 0 Å². The van der Waals surface area contributed by atoms with Gasteiger partial charge in [-0.05, 0) is 47.3 Å². The van der Waals surface area contributed by atoms with Crippen LogP contribution in [-0.4, -0.2) is 46.9 Å². The Hall–Kier alpha value is -1.83. The molecule has 1 aromatic rings. The molecular weight excluding hydrogens is 344 g/mol. The number of halogens is 1. The van der Waals surface area contributed by atoms with E-state index in [1.165, 1.54) is 11.0 Å². The van der Waals surface area contributed by atoms with E-state index in [-0.39, 0.29) is 12.3 Å². The minimum Gasteiger partial charge on any atom is -0.480 e. The molecule has 2 rings (SSSR count). The number of carbonyl (C=O) groups excluding carboxylic acids is 2. The SMILES string of the molecule is O=C(NCC(=O)N1CCCCC1C(=O)O)c1ccc(Br)o1. The smallest absolute Gasteiger partial charge is 0.326 e. The highest BCUT2D eigenvalue weighted by Gasteiger charge is 2.31. The molecule has 1 unspecified atom stereocenters. The quantitative estimate of drug-likeness (QED) is 0.843. The topological polar surface area (TPSA) is 99.9 Å². The lowest BCUT2D eigenvalue weighted by Gasteiger charge is -2.32. The molecule has 0 radical (unpaired) electrons. The number of carbonyl (C=O) groups is 3. The first kappa shape index (κ1) is 15.6. The van der Waals surface area contributed by atoms with Crippen molar-refractivity contribution < 1.29 is 23.9 Å². The average molecular weight is 359 g/mol. The van der Waals surface area contributed by atoms with Crippen LogP contribution in [0.1, 0.15) is 29.8 Å². The maximum atomic E-state index is 12.1. The maximum Gasteiger partial charge on any atom is 0.326 e. The van der Waals surface area contributed by atoms with Crippen LogP contribution in [-0.2, 0) is 9.59 Å². The van der Waals surface area contributed by atoms with Crippen molar-refractivity contribution in [3.63, 3.8) is 0 Å². The van der Waals surface area contributed by atoms with E-state index in [0.29, 0.717) is 17.6 Å². The lowest BCUT2D eigenvalue weighted by molar-refractivity contribution is -0.151. The Morgan fingerprint density at radius 3 is 2.76 bits per heavy atom. The number of furan rings is 1. The Morgan fingerprint density at radius 2 is 2.14 bits per heavy atom. The number of nitrogens with zero attached hydrogens (tertiary/aromatic N) is 1. The summed E-state index contributed by atoms with van der Waals surface area (Å²) in [5.41, 5.74) is 0. The zero-order valence-corrected chi connectivity index (χ0v) is 12.8. The van der Waals surface area contributed by atoms with Gasteiger partial charge in [-0.1, -0.05) is 0 Å². The van der Waals surface area contributed by atoms with Crippen LogP contribution in [0.15, 0.2) is 21.2 Å². The molecule has 7 nitrogen and oxygen atoms in total. The van der Waals surface area contributed by atoms with Crippen LogP contribution >= 0.6 is 15.9 Å². The Balaban J connectivity index is 1.91. The molecule has 0 bridgehead atoms. The van der Waals surface area contributed by atoms with Gasteiger partial charge in [0.25, 0.3) is 5.91 Å². The summed E-state index contributed by atoms with van der Waals surface area (Å²) in [6.07, 6.45) is 2.00. The van der Waals surface area contributed by atoms with Gasteiger partial charge < -0.3 is 19.7 Å². The van der Waals surface area contributed by atoms with Gasteiger partial charge in [-0.2, -0.15) is 0 Å². The van der Waals surface area contributed by atoms with Crippen molar-refractivity contribution in [2.75, 3.05) is 13.1 Å². The summed E-state index contributed by atoms with van der Waals surface area (Å²) >= 11 is 3.08. The third kappa shape index (κ3) is 3.84. The van der Waals surface area contributed by atoms with E-state index in [1.54, 1.807) is 6.07 Å². The molecule has 0 saturated carbocycles. The molecule has 1 aliphatic rings. The largest absolute Gasteiger partial charge is 0.480 e. The second-order valence-electron chi connectivity index (χ2n) is 4.72. The van der Waals surface area contributed by atoms with Gasteiger partial charge in [0, 0.05) is 6.54 Å². The molecule has 1 aliphatic heterocycles. The number of aliphatic carboxylic acids is 1. The van der Waals surface area contributed by atoms with Gasteiger partial charge in [0.15, 0.2) is 10.4 Å². The molecule has 2 N–H and O–H groups in total. The Morgan fingerprint density at radius 1 is 1.38 bits per heavy atom. The highest BCUT2D eigenvalue weighted by atomic mass is 79.9. The van der Waals surface area contributed by atoms with E-state index < -0.39 is 23.8 Å². The maximum absolute atomic E-state index is 12.1. The van der Waals surface area contributed by atoms with E-state index in [0.717, 1.165) is 12.8 Å². The highest BCUT2D eigenvalue weighted by Crippen LogP contribution is 2.17. The first-order valence-corrected chi connectivity index (χ1v) is 7.34. The van der Waals surface area contributed by atoms with Crippen LogP contribution in [0.3, 0.4) is 0 Å². The summed E-state index contributed by atoms with van der Waals surface area (Å²) < 4.78 is 5.49. The number of rotatable bonds is 4. The number of nitrogens with one attached hydrogen (secondary N) is 1. The van der Waals surface area contributed by atoms with Gasteiger partial charge in [0.1, 0.15) is 6.04 Å². The van der Waals surface area contributed by atoms with Crippen molar-refractivity contribution in [1.82, 2.24) is 10.2 Å². The van der Waals surface area contributed by atoms with Crippen LogP contribution in [0.2, 0.25) is 0 Å². The standard InChI is InChI=1S/C13H15BrN2O5/c14-10-5-4-9(21-10)12(18)15-7-11(17)16-6-2-1-3-8(16)13(19)20/h4-5,8H,1-3,6-7H2,(H,15,18)(H,19,20). The Bertz CT molecular complexity index is 557. The third-order valence-corrected chi connectivity index (χ3v) is 3.73. The van der Waals surface area contributed by atoms with E-state index in [2.05, 4.69) is 21.2 Å². The molecule has 1 fully saturated rings. The van der Waals surface area contributed by atoms with E-state index in [9.17, 15) is 14.4 Å². The number of hydrogen-bond acceptors (Lipinski definition) is 4. The van der Waals surface area contributed by atoms with Gasteiger partial charge in [0.2, 0.25) is 5.91 Å². The van der Waals surface area contributed by atoms with Crippen molar-refractivity contribution in [1.29, 1.82) is 0 Å². The molecule has 2 heterocycles. The molecule has 1 aromatic heterocycles. The number of amides is 2. The molecule has 8 heteroatoms. The highest BCUT2D eigenvalue weighted by molar-refractivity contribution is 9.10. The normalized spacial score (nSPS) is 18.3. The minimum absolute atomic E-state index is 0.0862. The van der Waals surface area contributed by atoms with Crippen LogP contribution in [0.4, 0.5) is 0 Å². The fourth-order valence-corrected chi connectivity index (χ4v) is 2.57. The summed E-state index contributed by atoms with van der Waals surface area (Å²) in [5, 5.41) is 11.5. The first-order valence-electron chi connectivity index (χ1n) is 6.55. The van der Waals surface area contributed by atoms with Crippen molar-refractivity contribution in [2.45, 2.75) is 25.3 Å². The molecule has 0 aromatic carbocycles. The summed E-state index contributed by atoms with van der Waals surface area (Å²) in [5.74, 6) is -1.84. The van der Waals surface area contributed by atoms with Gasteiger partial charge in [0.05, 0.1) is 6.54 Å². The van der Waals surface area contributed by atoms with Gasteiger partial charge in [-0.25, -0.2) is 4.79 Å². The average Bonchev–Trinajstić information content (AvgIpc) is 2.91. The van der Waals surface area contributed by atoms with Crippen molar-refractivity contribution >= 4 is 33.7 Å². The number of hydrogen-bond donors (Lipinski definition) is 2. The molecule has 114 valence electrons.